The highest BCUT2D eigenvalue weighted by Crippen LogP contribution is 2.17. The van der Waals surface area contributed by atoms with Gasteiger partial charge in [-0.3, -0.25) is 4.99 Å². The zero-order valence-electron chi connectivity index (χ0n) is 13.0. The number of aliphatic hydroxyl groups excluding tert-OH is 1. The first-order valence-electron chi connectivity index (χ1n) is 8.36. The summed E-state index contributed by atoms with van der Waals surface area (Å²) >= 11 is 0. The van der Waals surface area contributed by atoms with Gasteiger partial charge in [0.2, 0.25) is 0 Å². The molecule has 2 N–H and O–H groups in total. The van der Waals surface area contributed by atoms with Crippen LogP contribution in [0.3, 0.4) is 0 Å². The molecule has 1 atom stereocenters. The van der Waals surface area contributed by atoms with Crippen LogP contribution in [-0.4, -0.2) is 46.9 Å². The molecule has 0 aromatic rings. The molecule has 20 heavy (non-hydrogen) atoms. The van der Waals surface area contributed by atoms with Crippen molar-refractivity contribution < 1.29 is 10.2 Å². The molecule has 0 amide bonds. The summed E-state index contributed by atoms with van der Waals surface area (Å²) in [5.41, 5.74) is 0. The van der Waals surface area contributed by atoms with Gasteiger partial charge in [0, 0.05) is 19.0 Å². The topological polar surface area (TPSA) is 56.1 Å². The first kappa shape index (κ1) is 17.4. The molecule has 0 aliphatic carbocycles. The van der Waals surface area contributed by atoms with E-state index in [0.717, 1.165) is 19.5 Å². The number of rotatable bonds is 12. The summed E-state index contributed by atoms with van der Waals surface area (Å²) in [4.78, 5) is 6.38. The van der Waals surface area contributed by atoms with Gasteiger partial charge in [-0.2, -0.15) is 0 Å². The smallest absolute Gasteiger partial charge is 0.153 e. The standard InChI is InChI=1S/C16H32N2O2/c1-2-3-4-5-6-7-8-9-10-15(13-16(19)20)18-12-11-17-14-18/h14-16,19-20H,2-13H2,1H3. The Morgan fingerprint density at radius 1 is 1.05 bits per heavy atom. The summed E-state index contributed by atoms with van der Waals surface area (Å²) in [7, 11) is 0. The van der Waals surface area contributed by atoms with Crippen LogP contribution in [0.2, 0.25) is 0 Å². The SMILES string of the molecule is CCCCCCCCCCC(CC(O)O)N1C=NCC1. The molecule has 0 fully saturated rings. The number of aliphatic imine (C=N–C) groups is 1. The first-order valence-corrected chi connectivity index (χ1v) is 8.36. The zero-order chi connectivity index (χ0) is 14.6. The van der Waals surface area contributed by atoms with E-state index in [4.69, 9.17) is 0 Å². The van der Waals surface area contributed by atoms with E-state index in [1.807, 2.05) is 6.34 Å². The molecule has 1 unspecified atom stereocenters. The predicted octanol–water partition coefficient (Wildman–Crippen LogP) is 2.93. The monoisotopic (exact) mass is 284 g/mol. The van der Waals surface area contributed by atoms with Crippen LogP contribution < -0.4 is 0 Å². The lowest BCUT2D eigenvalue weighted by Crippen LogP contribution is -2.35. The van der Waals surface area contributed by atoms with Gasteiger partial charge in [0.25, 0.3) is 0 Å². The fourth-order valence-electron chi connectivity index (χ4n) is 2.85. The van der Waals surface area contributed by atoms with Gasteiger partial charge in [0.15, 0.2) is 6.29 Å². The van der Waals surface area contributed by atoms with Crippen molar-refractivity contribution >= 4 is 6.34 Å². The molecule has 1 aliphatic heterocycles. The normalized spacial score (nSPS) is 16.3. The minimum atomic E-state index is -1.21. The number of hydrogen-bond donors (Lipinski definition) is 2. The molecule has 1 heterocycles. The van der Waals surface area contributed by atoms with Crippen molar-refractivity contribution in [3.8, 4) is 0 Å². The second kappa shape index (κ2) is 11.1. The molecule has 0 saturated carbocycles. The molecule has 0 spiro atoms. The maximum absolute atomic E-state index is 9.19. The maximum Gasteiger partial charge on any atom is 0.153 e. The van der Waals surface area contributed by atoms with Crippen LogP contribution in [0.25, 0.3) is 0 Å². The largest absolute Gasteiger partial charge is 0.368 e. The third kappa shape index (κ3) is 7.85. The molecule has 4 nitrogen and oxygen atoms in total. The van der Waals surface area contributed by atoms with Gasteiger partial charge in [-0.05, 0) is 6.42 Å². The quantitative estimate of drug-likeness (QED) is 0.428. The van der Waals surface area contributed by atoms with Crippen LogP contribution in [0.5, 0.6) is 0 Å². The van der Waals surface area contributed by atoms with E-state index in [-0.39, 0.29) is 6.04 Å². The molecule has 0 aromatic carbocycles. The Bertz CT molecular complexity index is 257. The Kier molecular flexibility index (Phi) is 9.67. The highest BCUT2D eigenvalue weighted by atomic mass is 16.5. The fourth-order valence-corrected chi connectivity index (χ4v) is 2.85. The van der Waals surface area contributed by atoms with Crippen molar-refractivity contribution in [2.45, 2.75) is 83.5 Å². The summed E-state index contributed by atoms with van der Waals surface area (Å²) in [6.07, 6.45) is 12.6. The zero-order valence-corrected chi connectivity index (χ0v) is 13.0. The van der Waals surface area contributed by atoms with E-state index in [9.17, 15) is 10.2 Å². The number of unbranched alkanes of at least 4 members (excludes halogenated alkanes) is 7. The Hall–Kier alpha value is -0.610. The lowest BCUT2D eigenvalue weighted by Gasteiger charge is -2.27. The van der Waals surface area contributed by atoms with Crippen LogP contribution >= 0.6 is 0 Å². The van der Waals surface area contributed by atoms with Crippen molar-refractivity contribution in [2.75, 3.05) is 13.1 Å². The lowest BCUT2D eigenvalue weighted by atomic mass is 10.0. The van der Waals surface area contributed by atoms with E-state index >= 15 is 0 Å². The van der Waals surface area contributed by atoms with Crippen molar-refractivity contribution in [2.24, 2.45) is 4.99 Å². The van der Waals surface area contributed by atoms with Crippen molar-refractivity contribution in [3.05, 3.63) is 0 Å². The summed E-state index contributed by atoms with van der Waals surface area (Å²) in [5.74, 6) is 0. The molecule has 118 valence electrons. The summed E-state index contributed by atoms with van der Waals surface area (Å²) < 4.78 is 0. The minimum Gasteiger partial charge on any atom is -0.368 e. The average Bonchev–Trinajstić information content (AvgIpc) is 2.94. The Balaban J connectivity index is 2.07. The van der Waals surface area contributed by atoms with Gasteiger partial charge in [0.05, 0.1) is 12.9 Å². The third-order valence-corrected chi connectivity index (χ3v) is 4.06. The number of nitrogens with zero attached hydrogens (tertiary/aromatic N) is 2. The Labute approximate surface area is 123 Å². The van der Waals surface area contributed by atoms with E-state index in [2.05, 4.69) is 16.8 Å². The maximum atomic E-state index is 9.19. The number of hydrogen-bond acceptors (Lipinski definition) is 4. The summed E-state index contributed by atoms with van der Waals surface area (Å²) in [6, 6.07) is 0.237. The number of aliphatic hydroxyl groups is 2. The molecule has 0 radical (unpaired) electrons. The van der Waals surface area contributed by atoms with Crippen LogP contribution in [0.4, 0.5) is 0 Å². The second-order valence-electron chi connectivity index (χ2n) is 5.89. The summed E-state index contributed by atoms with van der Waals surface area (Å²) in [6.45, 7) is 4.02. The van der Waals surface area contributed by atoms with Gasteiger partial charge in [-0.15, -0.1) is 0 Å². The van der Waals surface area contributed by atoms with Gasteiger partial charge in [0.1, 0.15) is 0 Å². The second-order valence-corrected chi connectivity index (χ2v) is 5.89. The first-order chi connectivity index (χ1) is 9.74. The highest BCUT2D eigenvalue weighted by molar-refractivity contribution is 5.57. The van der Waals surface area contributed by atoms with E-state index in [1.54, 1.807) is 0 Å². The lowest BCUT2D eigenvalue weighted by molar-refractivity contribution is -0.0574. The molecular weight excluding hydrogens is 252 g/mol. The van der Waals surface area contributed by atoms with Crippen LogP contribution in [0.1, 0.15) is 71.1 Å². The van der Waals surface area contributed by atoms with Crippen molar-refractivity contribution in [1.29, 1.82) is 0 Å². The average molecular weight is 284 g/mol. The predicted molar refractivity (Wildman–Crippen MR) is 83.9 cm³/mol. The van der Waals surface area contributed by atoms with Crippen molar-refractivity contribution in [1.82, 2.24) is 4.90 Å². The Morgan fingerprint density at radius 3 is 2.25 bits per heavy atom. The van der Waals surface area contributed by atoms with Gasteiger partial charge in [-0.25, -0.2) is 0 Å². The molecule has 0 saturated heterocycles. The van der Waals surface area contributed by atoms with Crippen LogP contribution in [-0.2, 0) is 0 Å². The van der Waals surface area contributed by atoms with E-state index < -0.39 is 6.29 Å². The van der Waals surface area contributed by atoms with Crippen LogP contribution in [0.15, 0.2) is 4.99 Å². The molecule has 1 rings (SSSR count). The highest BCUT2D eigenvalue weighted by Gasteiger charge is 2.20. The molecule has 1 aliphatic rings. The molecular formula is C16H32N2O2. The summed E-state index contributed by atoms with van der Waals surface area (Å²) in [5, 5.41) is 18.4. The molecule has 4 heteroatoms. The van der Waals surface area contributed by atoms with Gasteiger partial charge in [-0.1, -0.05) is 58.3 Å². The third-order valence-electron chi connectivity index (χ3n) is 4.06. The van der Waals surface area contributed by atoms with Gasteiger partial charge >= 0.3 is 0 Å². The van der Waals surface area contributed by atoms with Crippen molar-refractivity contribution in [3.63, 3.8) is 0 Å². The molecule has 0 aromatic heterocycles. The van der Waals surface area contributed by atoms with Gasteiger partial charge < -0.3 is 15.1 Å². The minimum absolute atomic E-state index is 0.237. The van der Waals surface area contributed by atoms with Crippen LogP contribution in [0, 0.1) is 0 Å². The molecule has 0 bridgehead atoms. The van der Waals surface area contributed by atoms with E-state index in [0.29, 0.717) is 6.42 Å². The van der Waals surface area contributed by atoms with E-state index in [1.165, 1.54) is 51.4 Å². The fraction of sp³-hybridized carbons (Fsp3) is 0.938. The Morgan fingerprint density at radius 2 is 1.70 bits per heavy atom.